The van der Waals surface area contributed by atoms with Crippen LogP contribution in [0.2, 0.25) is 0 Å². The predicted molar refractivity (Wildman–Crippen MR) is 119 cm³/mol. The summed E-state index contributed by atoms with van der Waals surface area (Å²) in [5.41, 5.74) is 1.54. The maximum absolute atomic E-state index is 14.4. The average Bonchev–Trinajstić information content (AvgIpc) is 3.15. The number of carbonyl (C=O) groups excluding carboxylic acids is 1. The van der Waals surface area contributed by atoms with Gasteiger partial charge in [-0.15, -0.1) is 0 Å². The van der Waals surface area contributed by atoms with Gasteiger partial charge in [-0.05, 0) is 81.1 Å². The third kappa shape index (κ3) is 5.76. The molecule has 1 aliphatic heterocycles. The van der Waals surface area contributed by atoms with E-state index in [1.807, 2.05) is 0 Å². The lowest BCUT2D eigenvalue weighted by atomic mass is 9.96. The number of rotatable bonds is 8. The SMILES string of the molecule is CN1CCC[C@H]1CN(Cc1ccc(F)cc1)C(=O)NCc1ccc(OC2CCC2)c(F)c1. The first-order valence-electron chi connectivity index (χ1n) is 11.4. The van der Waals surface area contributed by atoms with E-state index in [1.54, 1.807) is 29.2 Å². The monoisotopic (exact) mass is 443 g/mol. The molecular weight excluding hydrogens is 412 g/mol. The molecule has 1 atom stereocenters. The van der Waals surface area contributed by atoms with E-state index in [9.17, 15) is 13.6 Å². The van der Waals surface area contributed by atoms with Crippen LogP contribution in [0.15, 0.2) is 42.5 Å². The van der Waals surface area contributed by atoms with E-state index >= 15 is 0 Å². The predicted octanol–water partition coefficient (Wildman–Crippen LogP) is 4.70. The molecule has 0 spiro atoms. The third-order valence-corrected chi connectivity index (χ3v) is 6.46. The maximum atomic E-state index is 14.4. The van der Waals surface area contributed by atoms with Gasteiger partial charge < -0.3 is 19.9 Å². The van der Waals surface area contributed by atoms with E-state index in [4.69, 9.17) is 4.74 Å². The molecule has 1 N–H and O–H groups in total. The van der Waals surface area contributed by atoms with Crippen molar-refractivity contribution in [3.63, 3.8) is 0 Å². The Morgan fingerprint density at radius 3 is 2.47 bits per heavy atom. The quantitative estimate of drug-likeness (QED) is 0.643. The molecule has 1 saturated carbocycles. The summed E-state index contributed by atoms with van der Waals surface area (Å²) < 4.78 is 33.3. The molecule has 2 amide bonds. The highest BCUT2D eigenvalue weighted by molar-refractivity contribution is 5.74. The van der Waals surface area contributed by atoms with Crippen molar-refractivity contribution in [1.29, 1.82) is 0 Å². The fourth-order valence-corrected chi connectivity index (χ4v) is 4.20. The summed E-state index contributed by atoms with van der Waals surface area (Å²) in [6.07, 6.45) is 5.33. The number of likely N-dealkylation sites (N-methyl/N-ethyl adjacent to an activating group) is 1. The van der Waals surface area contributed by atoms with Crippen molar-refractivity contribution in [2.24, 2.45) is 0 Å². The lowest BCUT2D eigenvalue weighted by Crippen LogP contribution is -2.45. The van der Waals surface area contributed by atoms with E-state index in [2.05, 4.69) is 17.3 Å². The van der Waals surface area contributed by atoms with Crippen LogP contribution in [0.1, 0.15) is 43.2 Å². The Labute approximate surface area is 188 Å². The first-order valence-corrected chi connectivity index (χ1v) is 11.4. The van der Waals surface area contributed by atoms with Gasteiger partial charge in [-0.25, -0.2) is 13.6 Å². The Hall–Kier alpha value is -2.67. The van der Waals surface area contributed by atoms with Crippen molar-refractivity contribution in [3.8, 4) is 5.75 Å². The molecule has 5 nitrogen and oxygen atoms in total. The topological polar surface area (TPSA) is 44.8 Å². The molecule has 2 aliphatic rings. The number of ether oxygens (including phenoxy) is 1. The molecule has 4 rings (SSSR count). The number of halogens is 2. The van der Waals surface area contributed by atoms with Gasteiger partial charge in [0, 0.05) is 25.7 Å². The molecule has 1 saturated heterocycles. The number of urea groups is 1. The molecule has 1 aliphatic carbocycles. The molecule has 0 unspecified atom stereocenters. The van der Waals surface area contributed by atoms with Gasteiger partial charge in [-0.1, -0.05) is 18.2 Å². The van der Waals surface area contributed by atoms with Gasteiger partial charge >= 0.3 is 6.03 Å². The van der Waals surface area contributed by atoms with Gasteiger partial charge in [0.15, 0.2) is 11.6 Å². The van der Waals surface area contributed by atoms with E-state index < -0.39 is 5.82 Å². The summed E-state index contributed by atoms with van der Waals surface area (Å²) in [5, 5.41) is 2.92. The summed E-state index contributed by atoms with van der Waals surface area (Å²) in [5.74, 6) is -0.432. The fraction of sp³-hybridized carbons (Fsp3) is 0.480. The Morgan fingerprint density at radius 1 is 1.09 bits per heavy atom. The fourth-order valence-electron chi connectivity index (χ4n) is 4.20. The average molecular weight is 444 g/mol. The number of benzene rings is 2. The van der Waals surface area contributed by atoms with E-state index in [-0.39, 0.29) is 30.2 Å². The Bertz CT molecular complexity index is 918. The van der Waals surface area contributed by atoms with E-state index in [0.29, 0.717) is 24.7 Å². The first-order chi connectivity index (χ1) is 15.5. The van der Waals surface area contributed by atoms with E-state index in [1.165, 1.54) is 18.2 Å². The highest BCUT2D eigenvalue weighted by Crippen LogP contribution is 2.27. The van der Waals surface area contributed by atoms with Gasteiger partial charge in [0.05, 0.1) is 6.10 Å². The minimum Gasteiger partial charge on any atom is -0.487 e. The van der Waals surface area contributed by atoms with Crippen LogP contribution in [0.3, 0.4) is 0 Å². The molecule has 2 aromatic carbocycles. The first kappa shape index (κ1) is 22.5. The molecular formula is C25H31F2N3O2. The van der Waals surface area contributed by atoms with Gasteiger partial charge in [0.2, 0.25) is 0 Å². The van der Waals surface area contributed by atoms with Gasteiger partial charge in [0.1, 0.15) is 5.82 Å². The number of likely N-dealkylation sites (tertiary alicyclic amines) is 1. The van der Waals surface area contributed by atoms with Gasteiger partial charge in [-0.3, -0.25) is 0 Å². The Balaban J connectivity index is 1.38. The molecule has 0 radical (unpaired) electrons. The third-order valence-electron chi connectivity index (χ3n) is 6.46. The number of amides is 2. The second-order valence-corrected chi connectivity index (χ2v) is 8.88. The van der Waals surface area contributed by atoms with Crippen LogP contribution in [-0.2, 0) is 13.1 Å². The minimum absolute atomic E-state index is 0.115. The minimum atomic E-state index is -0.403. The molecule has 1 heterocycles. The second-order valence-electron chi connectivity index (χ2n) is 8.88. The highest BCUT2D eigenvalue weighted by atomic mass is 19.1. The largest absolute Gasteiger partial charge is 0.487 e. The summed E-state index contributed by atoms with van der Waals surface area (Å²) in [4.78, 5) is 17.0. The van der Waals surface area contributed by atoms with E-state index in [0.717, 1.165) is 44.2 Å². The number of nitrogens with zero attached hydrogens (tertiary/aromatic N) is 2. The molecule has 2 fully saturated rings. The van der Waals surface area contributed by atoms with Gasteiger partial charge in [0.25, 0.3) is 0 Å². The molecule has 0 bridgehead atoms. The number of nitrogens with one attached hydrogen (secondary N) is 1. The number of hydrogen-bond acceptors (Lipinski definition) is 3. The Morgan fingerprint density at radius 2 is 1.84 bits per heavy atom. The molecule has 172 valence electrons. The van der Waals surface area contributed by atoms with Crippen LogP contribution >= 0.6 is 0 Å². The highest BCUT2D eigenvalue weighted by Gasteiger charge is 2.26. The van der Waals surface area contributed by atoms with Crippen LogP contribution in [0.5, 0.6) is 5.75 Å². The molecule has 7 heteroatoms. The van der Waals surface area contributed by atoms with Crippen molar-refractivity contribution in [2.45, 2.75) is 57.3 Å². The molecule has 0 aromatic heterocycles. The summed E-state index contributed by atoms with van der Waals surface area (Å²) >= 11 is 0. The van der Waals surface area contributed by atoms with Crippen molar-refractivity contribution in [1.82, 2.24) is 15.1 Å². The van der Waals surface area contributed by atoms with Crippen LogP contribution < -0.4 is 10.1 Å². The van der Waals surface area contributed by atoms with Gasteiger partial charge in [-0.2, -0.15) is 0 Å². The zero-order chi connectivity index (χ0) is 22.5. The number of hydrogen-bond donors (Lipinski definition) is 1. The maximum Gasteiger partial charge on any atom is 0.318 e. The zero-order valence-electron chi connectivity index (χ0n) is 18.5. The molecule has 2 aromatic rings. The summed E-state index contributed by atoms with van der Waals surface area (Å²) in [7, 11) is 2.07. The normalized spacial score (nSPS) is 18.9. The number of carbonyl (C=O) groups is 1. The Kier molecular flexibility index (Phi) is 7.25. The second kappa shape index (κ2) is 10.3. The van der Waals surface area contributed by atoms with Crippen molar-refractivity contribution >= 4 is 6.03 Å². The van der Waals surface area contributed by atoms with Crippen LogP contribution in [0, 0.1) is 11.6 Å². The summed E-state index contributed by atoms with van der Waals surface area (Å²) in [6, 6.07) is 11.1. The van der Waals surface area contributed by atoms with Crippen molar-refractivity contribution in [3.05, 3.63) is 65.2 Å². The standard InChI is InChI=1S/C25H31F2N3O2/c1-29-13-3-4-21(29)17-30(16-18-7-10-20(26)11-8-18)25(31)28-15-19-9-12-24(23(27)14-19)32-22-5-2-6-22/h7-12,14,21-22H,2-6,13,15-17H2,1H3,(H,28,31)/t21-/m0/s1. The van der Waals surface area contributed by atoms with Crippen LogP contribution in [0.25, 0.3) is 0 Å². The lowest BCUT2D eigenvalue weighted by molar-refractivity contribution is 0.115. The smallest absolute Gasteiger partial charge is 0.318 e. The van der Waals surface area contributed by atoms with Crippen LogP contribution in [0.4, 0.5) is 13.6 Å². The zero-order valence-corrected chi connectivity index (χ0v) is 18.5. The van der Waals surface area contributed by atoms with Crippen molar-refractivity contribution in [2.75, 3.05) is 20.1 Å². The van der Waals surface area contributed by atoms with Crippen LogP contribution in [-0.4, -0.2) is 48.1 Å². The molecule has 32 heavy (non-hydrogen) atoms. The lowest BCUT2D eigenvalue weighted by Gasteiger charge is -2.29. The van der Waals surface area contributed by atoms with Crippen molar-refractivity contribution < 1.29 is 18.3 Å². The summed E-state index contributed by atoms with van der Waals surface area (Å²) in [6.45, 7) is 2.21.